The van der Waals surface area contributed by atoms with Gasteiger partial charge in [-0.15, -0.1) is 0 Å². The number of rotatable bonds is 3. The van der Waals surface area contributed by atoms with Gasteiger partial charge in [0.25, 0.3) is 5.91 Å². The standard InChI is InChI=1S/C16H24N2O/c1-4-17-15-10-12(2)7-8-14(15)16(19)18-9-5-6-13(3)11-18/h7-8,10,13,17H,4-6,9,11H2,1-3H3. The van der Waals surface area contributed by atoms with Crippen molar-refractivity contribution in [3.05, 3.63) is 29.3 Å². The number of carbonyl (C=O) groups is 1. The van der Waals surface area contributed by atoms with Crippen molar-refractivity contribution in [3.8, 4) is 0 Å². The van der Waals surface area contributed by atoms with E-state index in [1.165, 1.54) is 12.0 Å². The molecule has 0 saturated carbocycles. The first-order valence-electron chi connectivity index (χ1n) is 7.25. The minimum absolute atomic E-state index is 0.169. The van der Waals surface area contributed by atoms with Crippen LogP contribution in [0.4, 0.5) is 5.69 Å². The molecule has 1 heterocycles. The lowest BCUT2D eigenvalue weighted by Gasteiger charge is -2.31. The number of hydrogen-bond donors (Lipinski definition) is 1. The highest BCUT2D eigenvalue weighted by Crippen LogP contribution is 2.23. The Morgan fingerprint density at radius 3 is 2.95 bits per heavy atom. The Morgan fingerprint density at radius 2 is 2.26 bits per heavy atom. The van der Waals surface area contributed by atoms with Crippen LogP contribution >= 0.6 is 0 Å². The molecule has 0 aliphatic carbocycles. The van der Waals surface area contributed by atoms with Gasteiger partial charge in [0.2, 0.25) is 0 Å². The molecule has 1 amide bonds. The SMILES string of the molecule is CCNc1cc(C)ccc1C(=O)N1CCCC(C)C1. The van der Waals surface area contributed by atoms with Crippen LogP contribution in [0, 0.1) is 12.8 Å². The lowest BCUT2D eigenvalue weighted by Crippen LogP contribution is -2.39. The topological polar surface area (TPSA) is 32.3 Å². The van der Waals surface area contributed by atoms with Gasteiger partial charge in [-0.3, -0.25) is 4.79 Å². The van der Waals surface area contributed by atoms with E-state index >= 15 is 0 Å². The largest absolute Gasteiger partial charge is 0.385 e. The number of benzene rings is 1. The summed E-state index contributed by atoms with van der Waals surface area (Å²) >= 11 is 0. The van der Waals surface area contributed by atoms with Crippen LogP contribution in [0.25, 0.3) is 0 Å². The second-order valence-electron chi connectivity index (χ2n) is 5.58. The number of anilines is 1. The number of likely N-dealkylation sites (tertiary alicyclic amines) is 1. The molecule has 1 saturated heterocycles. The van der Waals surface area contributed by atoms with Gasteiger partial charge in [0.15, 0.2) is 0 Å². The fourth-order valence-electron chi connectivity index (χ4n) is 2.73. The normalized spacial score (nSPS) is 19.3. The van der Waals surface area contributed by atoms with Gasteiger partial charge in [-0.1, -0.05) is 13.0 Å². The molecule has 1 aliphatic heterocycles. The molecular formula is C16H24N2O. The average Bonchev–Trinajstić information content (AvgIpc) is 2.39. The monoisotopic (exact) mass is 260 g/mol. The van der Waals surface area contributed by atoms with Crippen molar-refractivity contribution >= 4 is 11.6 Å². The van der Waals surface area contributed by atoms with Gasteiger partial charge >= 0.3 is 0 Å². The number of hydrogen-bond acceptors (Lipinski definition) is 2. The summed E-state index contributed by atoms with van der Waals surface area (Å²) in [6, 6.07) is 6.03. The van der Waals surface area contributed by atoms with Gasteiger partial charge in [-0.2, -0.15) is 0 Å². The molecule has 0 spiro atoms. The zero-order chi connectivity index (χ0) is 13.8. The quantitative estimate of drug-likeness (QED) is 0.904. The molecule has 2 rings (SSSR count). The van der Waals surface area contributed by atoms with Crippen LogP contribution < -0.4 is 5.32 Å². The predicted molar refractivity (Wildman–Crippen MR) is 79.6 cm³/mol. The Bertz CT molecular complexity index is 456. The number of aryl methyl sites for hydroxylation is 1. The van der Waals surface area contributed by atoms with Gasteiger partial charge in [-0.25, -0.2) is 0 Å². The maximum absolute atomic E-state index is 12.6. The molecule has 0 bridgehead atoms. The summed E-state index contributed by atoms with van der Waals surface area (Å²) in [6.07, 6.45) is 2.35. The zero-order valence-corrected chi connectivity index (χ0v) is 12.2. The van der Waals surface area contributed by atoms with E-state index in [2.05, 4.69) is 32.2 Å². The molecule has 0 aromatic heterocycles. The molecule has 1 aliphatic rings. The van der Waals surface area contributed by atoms with E-state index < -0.39 is 0 Å². The van der Waals surface area contributed by atoms with Gasteiger partial charge in [-0.05, 0) is 50.3 Å². The number of nitrogens with zero attached hydrogens (tertiary/aromatic N) is 1. The Labute approximate surface area is 116 Å². The van der Waals surface area contributed by atoms with Crippen molar-refractivity contribution < 1.29 is 4.79 Å². The lowest BCUT2D eigenvalue weighted by atomic mass is 9.99. The van der Waals surface area contributed by atoms with E-state index in [1.807, 2.05) is 17.0 Å². The van der Waals surface area contributed by atoms with Crippen LogP contribution in [0.3, 0.4) is 0 Å². The summed E-state index contributed by atoms with van der Waals surface area (Å²) in [6.45, 7) is 8.94. The smallest absolute Gasteiger partial charge is 0.255 e. The lowest BCUT2D eigenvalue weighted by molar-refractivity contribution is 0.0684. The van der Waals surface area contributed by atoms with Crippen LogP contribution in [0.5, 0.6) is 0 Å². The second kappa shape index (κ2) is 6.09. The highest BCUT2D eigenvalue weighted by atomic mass is 16.2. The van der Waals surface area contributed by atoms with Crippen molar-refractivity contribution in [3.63, 3.8) is 0 Å². The molecule has 104 valence electrons. The average molecular weight is 260 g/mol. The molecule has 1 N–H and O–H groups in total. The van der Waals surface area contributed by atoms with Crippen molar-refractivity contribution in [2.75, 3.05) is 25.0 Å². The number of nitrogens with one attached hydrogen (secondary N) is 1. The van der Waals surface area contributed by atoms with Crippen LogP contribution in [-0.2, 0) is 0 Å². The highest BCUT2D eigenvalue weighted by Gasteiger charge is 2.23. The molecule has 1 unspecified atom stereocenters. The first-order chi connectivity index (χ1) is 9.11. The van der Waals surface area contributed by atoms with Crippen LogP contribution in [0.2, 0.25) is 0 Å². The first-order valence-corrected chi connectivity index (χ1v) is 7.25. The third kappa shape index (κ3) is 3.28. The van der Waals surface area contributed by atoms with Crippen molar-refractivity contribution in [2.24, 2.45) is 5.92 Å². The third-order valence-corrected chi connectivity index (χ3v) is 3.72. The summed E-state index contributed by atoms with van der Waals surface area (Å²) in [7, 11) is 0. The number of carbonyl (C=O) groups excluding carboxylic acids is 1. The van der Waals surface area contributed by atoms with E-state index in [9.17, 15) is 4.79 Å². The van der Waals surface area contributed by atoms with Crippen molar-refractivity contribution in [1.29, 1.82) is 0 Å². The maximum atomic E-state index is 12.6. The molecular weight excluding hydrogens is 236 g/mol. The summed E-state index contributed by atoms with van der Waals surface area (Å²) in [5, 5.41) is 3.30. The van der Waals surface area contributed by atoms with Gasteiger partial charge in [0, 0.05) is 25.3 Å². The fourth-order valence-corrected chi connectivity index (χ4v) is 2.73. The Morgan fingerprint density at radius 1 is 1.47 bits per heavy atom. The molecule has 1 aromatic carbocycles. The molecule has 1 atom stereocenters. The molecule has 3 heteroatoms. The first kappa shape index (κ1) is 13.9. The second-order valence-corrected chi connectivity index (χ2v) is 5.58. The van der Waals surface area contributed by atoms with E-state index in [1.54, 1.807) is 0 Å². The maximum Gasteiger partial charge on any atom is 0.255 e. The van der Waals surface area contributed by atoms with E-state index in [4.69, 9.17) is 0 Å². The number of piperidine rings is 1. The molecule has 3 nitrogen and oxygen atoms in total. The van der Waals surface area contributed by atoms with Gasteiger partial charge in [0.05, 0.1) is 5.56 Å². The van der Waals surface area contributed by atoms with Crippen LogP contribution in [0.15, 0.2) is 18.2 Å². The van der Waals surface area contributed by atoms with Crippen LogP contribution in [0.1, 0.15) is 42.6 Å². The Balaban J connectivity index is 2.22. The van der Waals surface area contributed by atoms with Crippen LogP contribution in [-0.4, -0.2) is 30.4 Å². The fraction of sp³-hybridized carbons (Fsp3) is 0.562. The van der Waals surface area contributed by atoms with Gasteiger partial charge < -0.3 is 10.2 Å². The van der Waals surface area contributed by atoms with Gasteiger partial charge in [0.1, 0.15) is 0 Å². The van der Waals surface area contributed by atoms with E-state index in [0.717, 1.165) is 37.3 Å². The summed E-state index contributed by atoms with van der Waals surface area (Å²) in [4.78, 5) is 14.6. The summed E-state index contributed by atoms with van der Waals surface area (Å²) in [5.41, 5.74) is 2.95. The van der Waals surface area contributed by atoms with E-state index in [0.29, 0.717) is 5.92 Å². The third-order valence-electron chi connectivity index (χ3n) is 3.72. The van der Waals surface area contributed by atoms with E-state index in [-0.39, 0.29) is 5.91 Å². The summed E-state index contributed by atoms with van der Waals surface area (Å²) < 4.78 is 0. The molecule has 1 fully saturated rings. The summed E-state index contributed by atoms with van der Waals surface area (Å²) in [5.74, 6) is 0.785. The molecule has 0 radical (unpaired) electrons. The highest BCUT2D eigenvalue weighted by molar-refractivity contribution is 5.99. The minimum Gasteiger partial charge on any atom is -0.385 e. The Kier molecular flexibility index (Phi) is 4.46. The molecule has 19 heavy (non-hydrogen) atoms. The molecule has 1 aromatic rings. The van der Waals surface area contributed by atoms with Crippen molar-refractivity contribution in [1.82, 2.24) is 4.90 Å². The zero-order valence-electron chi connectivity index (χ0n) is 12.2. The van der Waals surface area contributed by atoms with Crippen molar-refractivity contribution in [2.45, 2.75) is 33.6 Å². The Hall–Kier alpha value is -1.51. The number of amides is 1. The predicted octanol–water partition coefficient (Wildman–Crippen LogP) is 3.30. The minimum atomic E-state index is 0.169.